The Morgan fingerprint density at radius 2 is 1.46 bits per heavy atom. The third-order valence-corrected chi connectivity index (χ3v) is 3.11. The van der Waals surface area contributed by atoms with Crippen LogP contribution in [0.1, 0.15) is 32.1 Å². The van der Waals surface area contributed by atoms with Gasteiger partial charge in [0.15, 0.2) is 0 Å². The van der Waals surface area contributed by atoms with E-state index >= 15 is 0 Å². The first kappa shape index (κ1) is 11.2. The fourth-order valence-electron chi connectivity index (χ4n) is 2.88. The van der Waals surface area contributed by atoms with Crippen molar-refractivity contribution in [2.75, 3.05) is 0 Å². The first-order valence-corrected chi connectivity index (χ1v) is 4.68. The summed E-state index contributed by atoms with van der Waals surface area (Å²) >= 11 is 0. The Kier molecular flexibility index (Phi) is 3.18. The largest absolute Gasteiger partial charge is 0.328 e. The Morgan fingerprint density at radius 1 is 1.00 bits per heavy atom. The summed E-state index contributed by atoms with van der Waals surface area (Å²) in [6, 6.07) is 0.185. The van der Waals surface area contributed by atoms with Crippen LogP contribution in [0.3, 0.4) is 0 Å². The monoisotopic (exact) mass is 211 g/mol. The van der Waals surface area contributed by atoms with Gasteiger partial charge in [-0.2, -0.15) is 0 Å². The third-order valence-electron chi connectivity index (χ3n) is 3.11. The molecule has 2 bridgehead atoms. The number of alkyl halides is 2. The van der Waals surface area contributed by atoms with Gasteiger partial charge in [-0.15, -0.1) is 12.4 Å². The molecule has 2 saturated carbocycles. The summed E-state index contributed by atoms with van der Waals surface area (Å²) in [7, 11) is 0. The van der Waals surface area contributed by atoms with Crippen molar-refractivity contribution >= 4 is 12.4 Å². The second-order valence-electron chi connectivity index (χ2n) is 4.46. The van der Waals surface area contributed by atoms with E-state index in [0.717, 1.165) is 19.3 Å². The highest BCUT2D eigenvalue weighted by Crippen LogP contribution is 2.46. The number of nitrogens with two attached hydrogens (primary N) is 1. The van der Waals surface area contributed by atoms with E-state index in [9.17, 15) is 8.78 Å². The predicted molar refractivity (Wildman–Crippen MR) is 50.2 cm³/mol. The molecule has 2 rings (SSSR count). The van der Waals surface area contributed by atoms with Crippen LogP contribution >= 0.6 is 12.4 Å². The number of rotatable bonds is 0. The summed E-state index contributed by atoms with van der Waals surface area (Å²) < 4.78 is 26.0. The van der Waals surface area contributed by atoms with Crippen molar-refractivity contribution in [3.8, 4) is 0 Å². The van der Waals surface area contributed by atoms with Gasteiger partial charge in [0, 0.05) is 18.9 Å². The minimum absolute atomic E-state index is 0. The van der Waals surface area contributed by atoms with Crippen molar-refractivity contribution < 1.29 is 8.78 Å². The average Bonchev–Trinajstić information content (AvgIpc) is 1.78. The number of hydrogen-bond donors (Lipinski definition) is 1. The van der Waals surface area contributed by atoms with Crippen molar-refractivity contribution in [1.29, 1.82) is 0 Å². The molecule has 0 aromatic heterocycles. The molecule has 0 amide bonds. The summed E-state index contributed by atoms with van der Waals surface area (Å²) in [4.78, 5) is 0. The van der Waals surface area contributed by atoms with E-state index in [-0.39, 0.29) is 43.1 Å². The van der Waals surface area contributed by atoms with E-state index < -0.39 is 5.92 Å². The Labute approximate surface area is 83.5 Å². The van der Waals surface area contributed by atoms with E-state index in [0.29, 0.717) is 0 Å². The van der Waals surface area contributed by atoms with Crippen molar-refractivity contribution in [1.82, 2.24) is 0 Å². The highest BCUT2D eigenvalue weighted by molar-refractivity contribution is 5.85. The average molecular weight is 212 g/mol. The first-order valence-electron chi connectivity index (χ1n) is 4.68. The molecule has 3 atom stereocenters. The fourth-order valence-corrected chi connectivity index (χ4v) is 2.88. The van der Waals surface area contributed by atoms with Gasteiger partial charge in [-0.05, 0) is 31.1 Å². The van der Waals surface area contributed by atoms with Gasteiger partial charge in [-0.3, -0.25) is 0 Å². The molecule has 0 heterocycles. The number of halogens is 3. The van der Waals surface area contributed by atoms with Crippen molar-refractivity contribution in [2.24, 2.45) is 17.6 Å². The fraction of sp³-hybridized carbons (Fsp3) is 1.00. The van der Waals surface area contributed by atoms with Crippen molar-refractivity contribution in [3.05, 3.63) is 0 Å². The molecule has 0 aromatic rings. The van der Waals surface area contributed by atoms with Crippen molar-refractivity contribution in [3.63, 3.8) is 0 Å². The Hall–Kier alpha value is 0.110. The van der Waals surface area contributed by atoms with Crippen LogP contribution in [-0.2, 0) is 0 Å². The van der Waals surface area contributed by atoms with E-state index in [2.05, 4.69) is 0 Å². The van der Waals surface area contributed by atoms with Gasteiger partial charge in [-0.1, -0.05) is 0 Å². The second kappa shape index (κ2) is 3.70. The molecule has 13 heavy (non-hydrogen) atoms. The minimum Gasteiger partial charge on any atom is -0.328 e. The maximum absolute atomic E-state index is 13.0. The molecule has 0 radical (unpaired) electrons. The quantitative estimate of drug-likeness (QED) is 0.655. The van der Waals surface area contributed by atoms with Gasteiger partial charge in [0.1, 0.15) is 0 Å². The van der Waals surface area contributed by atoms with Crippen LogP contribution in [0.25, 0.3) is 0 Å². The van der Waals surface area contributed by atoms with E-state index in [1.165, 1.54) is 0 Å². The molecule has 1 unspecified atom stereocenters. The van der Waals surface area contributed by atoms with Gasteiger partial charge in [-0.25, -0.2) is 8.78 Å². The van der Waals surface area contributed by atoms with Gasteiger partial charge in [0.05, 0.1) is 0 Å². The SMILES string of the molecule is Cl.NC1C[C@@H]2C[C@H](C1)CC(F)(F)C2. The molecular formula is C9H16ClF2N. The first-order chi connectivity index (χ1) is 5.55. The molecule has 2 aliphatic rings. The third kappa shape index (κ3) is 2.53. The van der Waals surface area contributed by atoms with Crippen LogP contribution in [0, 0.1) is 11.8 Å². The molecule has 0 aromatic carbocycles. The Balaban J connectivity index is 0.000000845. The normalized spacial score (nSPS) is 42.2. The van der Waals surface area contributed by atoms with E-state index in [1.54, 1.807) is 0 Å². The van der Waals surface area contributed by atoms with E-state index in [1.807, 2.05) is 0 Å². The Morgan fingerprint density at radius 3 is 1.92 bits per heavy atom. The molecule has 2 N–H and O–H groups in total. The Bertz CT molecular complexity index is 166. The van der Waals surface area contributed by atoms with Crippen LogP contribution in [0.5, 0.6) is 0 Å². The molecule has 78 valence electrons. The van der Waals surface area contributed by atoms with Gasteiger partial charge in [0.25, 0.3) is 0 Å². The lowest BCUT2D eigenvalue weighted by atomic mass is 9.69. The summed E-state index contributed by atoms with van der Waals surface area (Å²) in [5, 5.41) is 0. The van der Waals surface area contributed by atoms with Crippen LogP contribution in [0.4, 0.5) is 8.78 Å². The molecule has 1 nitrogen and oxygen atoms in total. The summed E-state index contributed by atoms with van der Waals surface area (Å²) in [5.74, 6) is -2.00. The highest BCUT2D eigenvalue weighted by Gasteiger charge is 2.44. The maximum atomic E-state index is 13.0. The highest BCUT2D eigenvalue weighted by atomic mass is 35.5. The topological polar surface area (TPSA) is 26.0 Å². The van der Waals surface area contributed by atoms with Gasteiger partial charge >= 0.3 is 0 Å². The van der Waals surface area contributed by atoms with E-state index in [4.69, 9.17) is 5.73 Å². The molecule has 2 fully saturated rings. The summed E-state index contributed by atoms with van der Waals surface area (Å²) in [5.41, 5.74) is 5.77. The van der Waals surface area contributed by atoms with Crippen molar-refractivity contribution in [2.45, 2.75) is 44.1 Å². The standard InChI is InChI=1S/C9H15F2N.ClH/c10-9(11)4-6-1-7(5-9)3-8(12)2-6;/h6-8H,1-5,12H2;1H/t6-,7+,8?;. The molecule has 2 aliphatic carbocycles. The van der Waals surface area contributed by atoms with Crippen LogP contribution in [0.15, 0.2) is 0 Å². The lowest BCUT2D eigenvalue weighted by molar-refractivity contribution is -0.0863. The maximum Gasteiger partial charge on any atom is 0.248 e. The predicted octanol–water partition coefficient (Wildman–Crippen LogP) is 2.58. The smallest absolute Gasteiger partial charge is 0.248 e. The molecule has 0 saturated heterocycles. The molecule has 0 aliphatic heterocycles. The van der Waals surface area contributed by atoms with Gasteiger partial charge < -0.3 is 5.73 Å². The minimum atomic E-state index is -2.40. The lowest BCUT2D eigenvalue weighted by Crippen LogP contribution is -2.41. The molecular weight excluding hydrogens is 196 g/mol. The number of hydrogen-bond acceptors (Lipinski definition) is 1. The summed E-state index contributed by atoms with van der Waals surface area (Å²) in [6.07, 6.45) is 2.77. The van der Waals surface area contributed by atoms with Crippen LogP contribution in [0.2, 0.25) is 0 Å². The van der Waals surface area contributed by atoms with Crippen LogP contribution < -0.4 is 5.73 Å². The number of fused-ring (bicyclic) bond motifs is 2. The summed E-state index contributed by atoms with van der Waals surface area (Å²) in [6.45, 7) is 0. The lowest BCUT2D eigenvalue weighted by Gasteiger charge is -2.41. The zero-order chi connectivity index (χ0) is 8.77. The molecule has 4 heteroatoms. The van der Waals surface area contributed by atoms with Gasteiger partial charge in [0.2, 0.25) is 5.92 Å². The molecule has 0 spiro atoms. The zero-order valence-corrected chi connectivity index (χ0v) is 8.33. The zero-order valence-electron chi connectivity index (χ0n) is 7.51. The second-order valence-corrected chi connectivity index (χ2v) is 4.46. The van der Waals surface area contributed by atoms with Crippen LogP contribution in [-0.4, -0.2) is 12.0 Å².